The zero-order chi connectivity index (χ0) is 13.0. The number of piperidine rings is 1. The Kier molecular flexibility index (Phi) is 4.40. The molecule has 100 valence electrons. The molecule has 1 saturated heterocycles. The van der Waals surface area contributed by atoms with Crippen molar-refractivity contribution in [3.8, 4) is 0 Å². The summed E-state index contributed by atoms with van der Waals surface area (Å²) in [5.41, 5.74) is -0.141. The molecule has 2 N–H and O–H groups in total. The maximum Gasteiger partial charge on any atom is 0.226 e. The second-order valence-electron chi connectivity index (χ2n) is 5.08. The van der Waals surface area contributed by atoms with E-state index < -0.39 is 0 Å². The summed E-state index contributed by atoms with van der Waals surface area (Å²) >= 11 is 1.76. The van der Waals surface area contributed by atoms with E-state index in [1.54, 1.807) is 11.3 Å². The number of hydrogen-bond acceptors (Lipinski definition) is 3. The van der Waals surface area contributed by atoms with Crippen LogP contribution >= 0.6 is 11.3 Å². The number of aryl methyl sites for hydroxylation is 1. The van der Waals surface area contributed by atoms with E-state index in [2.05, 4.69) is 36.6 Å². The maximum atomic E-state index is 12.4. The predicted octanol–water partition coefficient (Wildman–Crippen LogP) is 2.45. The lowest BCUT2D eigenvalue weighted by atomic mass is 9.76. The van der Waals surface area contributed by atoms with Gasteiger partial charge in [0.05, 0.1) is 12.0 Å². The molecule has 0 aromatic carbocycles. The highest BCUT2D eigenvalue weighted by Crippen LogP contribution is 2.32. The number of rotatable bonds is 4. The Balaban J connectivity index is 1.93. The smallest absolute Gasteiger partial charge is 0.226 e. The van der Waals surface area contributed by atoms with Gasteiger partial charge in [-0.25, -0.2) is 0 Å². The molecule has 1 aromatic heterocycles. The van der Waals surface area contributed by atoms with Crippen LogP contribution in [0.4, 0.5) is 0 Å². The highest BCUT2D eigenvalue weighted by atomic mass is 32.1. The topological polar surface area (TPSA) is 41.1 Å². The Bertz CT molecular complexity index is 408. The number of amides is 1. The summed E-state index contributed by atoms with van der Waals surface area (Å²) < 4.78 is 0. The molecule has 2 heterocycles. The van der Waals surface area contributed by atoms with Crippen molar-refractivity contribution in [3.05, 3.63) is 21.9 Å². The van der Waals surface area contributed by atoms with E-state index in [1.165, 1.54) is 9.75 Å². The molecule has 1 fully saturated rings. The van der Waals surface area contributed by atoms with Gasteiger partial charge in [0, 0.05) is 9.75 Å². The van der Waals surface area contributed by atoms with Crippen LogP contribution in [0.5, 0.6) is 0 Å². The molecule has 3 nitrogen and oxygen atoms in total. The van der Waals surface area contributed by atoms with Gasteiger partial charge in [0.15, 0.2) is 0 Å². The van der Waals surface area contributed by atoms with Crippen molar-refractivity contribution in [2.75, 3.05) is 13.1 Å². The van der Waals surface area contributed by atoms with E-state index in [9.17, 15) is 4.79 Å². The standard InChI is InChI=1S/C14H22N2OS/c1-3-14(6-8-15-9-7-14)13(17)16-10-12-5-4-11(2)18-12/h4-5,15H,3,6-10H2,1-2H3,(H,16,17). The van der Waals surface area contributed by atoms with Crippen molar-refractivity contribution in [3.63, 3.8) is 0 Å². The van der Waals surface area contributed by atoms with Crippen LogP contribution in [0.15, 0.2) is 12.1 Å². The maximum absolute atomic E-state index is 12.4. The molecule has 1 aromatic rings. The predicted molar refractivity (Wildman–Crippen MR) is 75.7 cm³/mol. The quantitative estimate of drug-likeness (QED) is 0.879. The van der Waals surface area contributed by atoms with Crippen LogP contribution in [0, 0.1) is 12.3 Å². The van der Waals surface area contributed by atoms with Gasteiger partial charge in [-0.05, 0) is 51.4 Å². The van der Waals surface area contributed by atoms with Crippen LogP contribution in [0.3, 0.4) is 0 Å². The van der Waals surface area contributed by atoms with Gasteiger partial charge in [-0.3, -0.25) is 4.79 Å². The van der Waals surface area contributed by atoms with E-state index in [0.29, 0.717) is 6.54 Å². The van der Waals surface area contributed by atoms with E-state index in [-0.39, 0.29) is 11.3 Å². The fraction of sp³-hybridized carbons (Fsp3) is 0.643. The lowest BCUT2D eigenvalue weighted by Crippen LogP contribution is -2.47. The van der Waals surface area contributed by atoms with Gasteiger partial charge in [-0.1, -0.05) is 6.92 Å². The van der Waals surface area contributed by atoms with E-state index in [1.807, 2.05) is 0 Å². The summed E-state index contributed by atoms with van der Waals surface area (Å²) in [6, 6.07) is 4.20. The third-order valence-corrected chi connectivity index (χ3v) is 4.94. The highest BCUT2D eigenvalue weighted by molar-refractivity contribution is 7.11. The molecule has 0 spiro atoms. The molecule has 18 heavy (non-hydrogen) atoms. The summed E-state index contributed by atoms with van der Waals surface area (Å²) in [5.74, 6) is 0.234. The van der Waals surface area contributed by atoms with Crippen molar-refractivity contribution >= 4 is 17.2 Å². The second kappa shape index (κ2) is 5.85. The molecular formula is C14H22N2OS. The van der Waals surface area contributed by atoms with Crippen LogP contribution in [-0.4, -0.2) is 19.0 Å². The number of carbonyl (C=O) groups is 1. The zero-order valence-electron chi connectivity index (χ0n) is 11.2. The van der Waals surface area contributed by atoms with Gasteiger partial charge >= 0.3 is 0 Å². The molecule has 1 amide bonds. The summed E-state index contributed by atoms with van der Waals surface area (Å²) in [6.07, 6.45) is 2.85. The van der Waals surface area contributed by atoms with E-state index in [4.69, 9.17) is 0 Å². The molecule has 0 aliphatic carbocycles. The number of hydrogen-bond donors (Lipinski definition) is 2. The fourth-order valence-corrected chi connectivity index (χ4v) is 3.41. The van der Waals surface area contributed by atoms with Crippen molar-refractivity contribution in [1.82, 2.24) is 10.6 Å². The zero-order valence-corrected chi connectivity index (χ0v) is 12.0. The van der Waals surface area contributed by atoms with Gasteiger partial charge in [0.2, 0.25) is 5.91 Å². The van der Waals surface area contributed by atoms with Gasteiger partial charge in [0.1, 0.15) is 0 Å². The van der Waals surface area contributed by atoms with Crippen molar-refractivity contribution < 1.29 is 4.79 Å². The molecule has 0 radical (unpaired) electrons. The summed E-state index contributed by atoms with van der Waals surface area (Å²) in [4.78, 5) is 14.9. The normalized spacial score (nSPS) is 18.6. The molecule has 0 bridgehead atoms. The Morgan fingerprint density at radius 3 is 2.72 bits per heavy atom. The average Bonchev–Trinajstić information content (AvgIpc) is 2.82. The second-order valence-corrected chi connectivity index (χ2v) is 6.45. The SMILES string of the molecule is CCC1(C(=O)NCc2ccc(C)s2)CCNCC1. The van der Waals surface area contributed by atoms with E-state index >= 15 is 0 Å². The Labute approximate surface area is 113 Å². The van der Waals surface area contributed by atoms with Crippen LogP contribution < -0.4 is 10.6 Å². The van der Waals surface area contributed by atoms with Gasteiger partial charge in [-0.2, -0.15) is 0 Å². The molecule has 0 unspecified atom stereocenters. The van der Waals surface area contributed by atoms with Crippen molar-refractivity contribution in [2.24, 2.45) is 5.41 Å². The largest absolute Gasteiger partial charge is 0.351 e. The summed E-state index contributed by atoms with van der Waals surface area (Å²) in [6.45, 7) is 6.81. The third-order valence-electron chi connectivity index (χ3n) is 3.94. The molecule has 4 heteroatoms. The minimum atomic E-state index is -0.141. The van der Waals surface area contributed by atoms with Gasteiger partial charge in [-0.15, -0.1) is 11.3 Å². The molecule has 1 aliphatic heterocycles. The lowest BCUT2D eigenvalue weighted by molar-refractivity contribution is -0.133. The Morgan fingerprint density at radius 2 is 2.17 bits per heavy atom. The van der Waals surface area contributed by atoms with Crippen molar-refractivity contribution in [1.29, 1.82) is 0 Å². The first kappa shape index (κ1) is 13.6. The van der Waals surface area contributed by atoms with Gasteiger partial charge in [0.25, 0.3) is 0 Å². The fourth-order valence-electron chi connectivity index (χ4n) is 2.58. The van der Waals surface area contributed by atoms with Crippen LogP contribution in [0.2, 0.25) is 0 Å². The first-order valence-electron chi connectivity index (χ1n) is 6.71. The minimum absolute atomic E-state index is 0.141. The minimum Gasteiger partial charge on any atom is -0.351 e. The number of carbonyl (C=O) groups excluding carboxylic acids is 1. The summed E-state index contributed by atoms with van der Waals surface area (Å²) in [7, 11) is 0. The molecular weight excluding hydrogens is 244 g/mol. The first-order valence-corrected chi connectivity index (χ1v) is 7.52. The van der Waals surface area contributed by atoms with Crippen LogP contribution in [-0.2, 0) is 11.3 Å². The van der Waals surface area contributed by atoms with Gasteiger partial charge < -0.3 is 10.6 Å². The average molecular weight is 266 g/mol. The van der Waals surface area contributed by atoms with E-state index in [0.717, 1.165) is 32.4 Å². The monoisotopic (exact) mass is 266 g/mol. The molecule has 0 atom stereocenters. The Hall–Kier alpha value is -0.870. The first-order chi connectivity index (χ1) is 8.66. The van der Waals surface area contributed by atoms with Crippen molar-refractivity contribution in [2.45, 2.75) is 39.7 Å². The highest BCUT2D eigenvalue weighted by Gasteiger charge is 2.37. The van der Waals surface area contributed by atoms with Crippen LogP contribution in [0.25, 0.3) is 0 Å². The third kappa shape index (κ3) is 2.93. The molecule has 1 aliphatic rings. The van der Waals surface area contributed by atoms with Crippen LogP contribution in [0.1, 0.15) is 35.9 Å². The molecule has 2 rings (SSSR count). The lowest BCUT2D eigenvalue weighted by Gasteiger charge is -2.35. The number of thiophene rings is 1. The number of nitrogens with one attached hydrogen (secondary N) is 2. The summed E-state index contributed by atoms with van der Waals surface area (Å²) in [5, 5.41) is 6.45. The Morgan fingerprint density at radius 1 is 1.44 bits per heavy atom. The molecule has 0 saturated carbocycles.